The Kier molecular flexibility index (Phi) is 3.96. The van der Waals surface area contributed by atoms with E-state index in [1.165, 1.54) is 0 Å². The quantitative estimate of drug-likeness (QED) is 0.876. The molecule has 0 atom stereocenters. The summed E-state index contributed by atoms with van der Waals surface area (Å²) in [6.45, 7) is 4.18. The number of aromatic nitrogens is 2. The van der Waals surface area contributed by atoms with E-state index in [1.54, 1.807) is 0 Å². The standard InChI is InChI=1S/C15H19N3O3/c1-2-18-8-11(7-17-18)9-19-13-6-15-14(20-10-21-15)5-12(13)3-4-16/h5-8H,2-4,9-10,16H2,1H3. The molecule has 6 heteroatoms. The second-order valence-electron chi connectivity index (χ2n) is 4.84. The number of nitrogens with two attached hydrogens (primary N) is 1. The Balaban J connectivity index is 1.77. The normalized spacial score (nSPS) is 12.7. The third kappa shape index (κ3) is 2.95. The highest BCUT2D eigenvalue weighted by Gasteiger charge is 2.18. The van der Waals surface area contributed by atoms with Crippen LogP contribution < -0.4 is 19.9 Å². The molecule has 0 amide bonds. The fourth-order valence-corrected chi connectivity index (χ4v) is 2.27. The van der Waals surface area contributed by atoms with Crippen molar-refractivity contribution in [2.45, 2.75) is 26.5 Å². The maximum absolute atomic E-state index is 5.91. The molecule has 0 spiro atoms. The highest BCUT2D eigenvalue weighted by Crippen LogP contribution is 2.38. The molecule has 112 valence electrons. The molecule has 0 aliphatic carbocycles. The second-order valence-corrected chi connectivity index (χ2v) is 4.84. The SMILES string of the molecule is CCn1cc(COc2cc3c(cc2CCN)OCO3)cn1. The third-order valence-corrected chi connectivity index (χ3v) is 3.37. The van der Waals surface area contributed by atoms with Crippen LogP contribution in [0.25, 0.3) is 0 Å². The van der Waals surface area contributed by atoms with E-state index in [0.717, 1.165) is 41.3 Å². The van der Waals surface area contributed by atoms with Gasteiger partial charge < -0.3 is 19.9 Å². The van der Waals surface area contributed by atoms with Crippen molar-refractivity contribution in [3.05, 3.63) is 35.7 Å². The molecule has 0 saturated carbocycles. The van der Waals surface area contributed by atoms with Gasteiger partial charge in [0.25, 0.3) is 0 Å². The first-order valence-corrected chi connectivity index (χ1v) is 7.07. The summed E-state index contributed by atoms with van der Waals surface area (Å²) in [6.07, 6.45) is 4.54. The molecule has 1 aromatic carbocycles. The minimum absolute atomic E-state index is 0.254. The van der Waals surface area contributed by atoms with Crippen LogP contribution in [0.15, 0.2) is 24.5 Å². The number of fused-ring (bicyclic) bond motifs is 1. The number of nitrogens with zero attached hydrogens (tertiary/aromatic N) is 2. The first kappa shape index (κ1) is 13.8. The molecule has 0 radical (unpaired) electrons. The zero-order chi connectivity index (χ0) is 14.7. The Morgan fingerprint density at radius 2 is 2.14 bits per heavy atom. The maximum Gasteiger partial charge on any atom is 0.231 e. The molecule has 3 rings (SSSR count). The predicted molar refractivity (Wildman–Crippen MR) is 77.6 cm³/mol. The van der Waals surface area contributed by atoms with Gasteiger partial charge in [-0.25, -0.2) is 0 Å². The number of hydrogen-bond donors (Lipinski definition) is 1. The van der Waals surface area contributed by atoms with Crippen LogP contribution in [-0.4, -0.2) is 23.1 Å². The fraction of sp³-hybridized carbons (Fsp3) is 0.400. The summed E-state index contributed by atoms with van der Waals surface area (Å²) in [5.74, 6) is 2.26. The molecule has 0 unspecified atom stereocenters. The smallest absolute Gasteiger partial charge is 0.231 e. The number of benzene rings is 1. The van der Waals surface area contributed by atoms with Gasteiger partial charge in [-0.1, -0.05) is 0 Å². The fourth-order valence-electron chi connectivity index (χ4n) is 2.27. The summed E-state index contributed by atoms with van der Waals surface area (Å²) < 4.78 is 18.6. The van der Waals surface area contributed by atoms with E-state index < -0.39 is 0 Å². The van der Waals surface area contributed by atoms with E-state index in [1.807, 2.05) is 29.2 Å². The van der Waals surface area contributed by atoms with Crippen LogP contribution in [0.5, 0.6) is 17.2 Å². The molecule has 1 aromatic heterocycles. The second kappa shape index (κ2) is 6.05. The molecule has 6 nitrogen and oxygen atoms in total. The predicted octanol–water partition coefficient (Wildman–Crippen LogP) is 1.71. The maximum atomic E-state index is 5.91. The molecule has 21 heavy (non-hydrogen) atoms. The van der Waals surface area contributed by atoms with Crippen molar-refractivity contribution in [3.63, 3.8) is 0 Å². The Bertz CT molecular complexity index is 625. The van der Waals surface area contributed by atoms with Gasteiger partial charge in [-0.3, -0.25) is 4.68 Å². The van der Waals surface area contributed by atoms with Crippen LogP contribution in [-0.2, 0) is 19.6 Å². The Morgan fingerprint density at radius 1 is 1.33 bits per heavy atom. The highest BCUT2D eigenvalue weighted by atomic mass is 16.7. The summed E-state index contributed by atoms with van der Waals surface area (Å²) in [7, 11) is 0. The molecule has 0 bridgehead atoms. The van der Waals surface area contributed by atoms with Crippen molar-refractivity contribution < 1.29 is 14.2 Å². The van der Waals surface area contributed by atoms with Gasteiger partial charge in [0, 0.05) is 24.4 Å². The van der Waals surface area contributed by atoms with Gasteiger partial charge in [-0.05, 0) is 31.5 Å². The lowest BCUT2D eigenvalue weighted by Crippen LogP contribution is -2.05. The molecule has 0 fully saturated rings. The van der Waals surface area contributed by atoms with Crippen molar-refractivity contribution in [1.82, 2.24) is 9.78 Å². The third-order valence-electron chi connectivity index (χ3n) is 3.37. The van der Waals surface area contributed by atoms with Gasteiger partial charge in [0.05, 0.1) is 6.20 Å². The van der Waals surface area contributed by atoms with Gasteiger partial charge in [-0.2, -0.15) is 5.10 Å². The lowest BCUT2D eigenvalue weighted by molar-refractivity contribution is 0.173. The lowest BCUT2D eigenvalue weighted by Gasteiger charge is -2.11. The average Bonchev–Trinajstić information content (AvgIpc) is 3.13. The molecular weight excluding hydrogens is 270 g/mol. The molecular formula is C15H19N3O3. The molecule has 2 heterocycles. The van der Waals surface area contributed by atoms with E-state index in [2.05, 4.69) is 12.0 Å². The van der Waals surface area contributed by atoms with Crippen LogP contribution in [0.4, 0.5) is 0 Å². The van der Waals surface area contributed by atoms with Gasteiger partial charge in [0.15, 0.2) is 11.5 Å². The largest absolute Gasteiger partial charge is 0.488 e. The van der Waals surface area contributed by atoms with Crippen LogP contribution in [0.3, 0.4) is 0 Å². The summed E-state index contributed by atoms with van der Waals surface area (Å²) in [4.78, 5) is 0. The van der Waals surface area contributed by atoms with E-state index >= 15 is 0 Å². The van der Waals surface area contributed by atoms with Crippen LogP contribution in [0.2, 0.25) is 0 Å². The minimum atomic E-state index is 0.254. The molecule has 1 aliphatic heterocycles. The van der Waals surface area contributed by atoms with Crippen LogP contribution in [0.1, 0.15) is 18.1 Å². The van der Waals surface area contributed by atoms with Gasteiger partial charge in [-0.15, -0.1) is 0 Å². The van der Waals surface area contributed by atoms with Gasteiger partial charge in [0.1, 0.15) is 12.4 Å². The summed E-state index contributed by atoms with van der Waals surface area (Å²) >= 11 is 0. The first-order chi connectivity index (χ1) is 10.3. The molecule has 2 aromatic rings. The topological polar surface area (TPSA) is 71.5 Å². The summed E-state index contributed by atoms with van der Waals surface area (Å²) in [5.41, 5.74) is 7.73. The summed E-state index contributed by atoms with van der Waals surface area (Å²) in [5, 5.41) is 4.24. The lowest BCUT2D eigenvalue weighted by atomic mass is 10.1. The average molecular weight is 289 g/mol. The van der Waals surface area contributed by atoms with Crippen LogP contribution in [0, 0.1) is 0 Å². The number of hydrogen-bond acceptors (Lipinski definition) is 5. The Morgan fingerprint density at radius 3 is 2.86 bits per heavy atom. The highest BCUT2D eigenvalue weighted by molar-refractivity contribution is 5.52. The van der Waals surface area contributed by atoms with Crippen molar-refractivity contribution in [2.75, 3.05) is 13.3 Å². The monoisotopic (exact) mass is 289 g/mol. The van der Waals surface area contributed by atoms with Crippen molar-refractivity contribution in [1.29, 1.82) is 0 Å². The van der Waals surface area contributed by atoms with Gasteiger partial charge in [0.2, 0.25) is 6.79 Å². The zero-order valence-electron chi connectivity index (χ0n) is 12.0. The number of ether oxygens (including phenoxy) is 3. The minimum Gasteiger partial charge on any atom is -0.488 e. The van der Waals surface area contributed by atoms with E-state index in [9.17, 15) is 0 Å². The number of aryl methyl sites for hydroxylation is 1. The molecule has 0 saturated heterocycles. The Labute approximate surface area is 123 Å². The summed E-state index contributed by atoms with van der Waals surface area (Å²) in [6, 6.07) is 3.82. The first-order valence-electron chi connectivity index (χ1n) is 7.07. The van der Waals surface area contributed by atoms with Crippen molar-refractivity contribution >= 4 is 0 Å². The van der Waals surface area contributed by atoms with Crippen molar-refractivity contribution in [2.24, 2.45) is 5.73 Å². The Hall–Kier alpha value is -2.21. The van der Waals surface area contributed by atoms with Gasteiger partial charge >= 0.3 is 0 Å². The van der Waals surface area contributed by atoms with Crippen LogP contribution >= 0.6 is 0 Å². The number of rotatable bonds is 6. The molecule has 2 N–H and O–H groups in total. The van der Waals surface area contributed by atoms with Crippen molar-refractivity contribution in [3.8, 4) is 17.2 Å². The molecule has 1 aliphatic rings. The zero-order valence-corrected chi connectivity index (χ0v) is 12.0. The van der Waals surface area contributed by atoms with E-state index in [4.69, 9.17) is 19.9 Å². The van der Waals surface area contributed by atoms with E-state index in [-0.39, 0.29) is 6.79 Å². The van der Waals surface area contributed by atoms with E-state index in [0.29, 0.717) is 13.2 Å².